The highest BCUT2D eigenvalue weighted by Gasteiger charge is 2.06. The van der Waals surface area contributed by atoms with Gasteiger partial charge in [-0.1, -0.05) is 0 Å². The number of nitrogens with one attached hydrogen (secondary N) is 2. The minimum atomic E-state index is -0.0864. The van der Waals surface area contributed by atoms with Gasteiger partial charge in [0.15, 0.2) is 0 Å². The molecule has 0 unspecified atom stereocenters. The Morgan fingerprint density at radius 3 is 2.71 bits per heavy atom. The van der Waals surface area contributed by atoms with E-state index >= 15 is 0 Å². The molecule has 0 aliphatic carbocycles. The van der Waals surface area contributed by atoms with E-state index in [1.165, 1.54) is 5.56 Å². The van der Waals surface area contributed by atoms with E-state index in [0.29, 0.717) is 12.1 Å². The van der Waals surface area contributed by atoms with Crippen molar-refractivity contribution in [2.45, 2.75) is 19.8 Å². The molecule has 0 aliphatic rings. The maximum atomic E-state index is 12.0. The Hall–Kier alpha value is -2.37. The standard InChI is InChI=1S/C15H21N5O/c1-11-12(10-18-19-11)5-4-8-16-15(21)13-6-7-14(17-9-13)20(2)3/h6-7,9-10H,4-5,8H2,1-3H3,(H,16,21)(H,18,19). The second-order valence-electron chi connectivity index (χ2n) is 5.18. The maximum Gasteiger partial charge on any atom is 0.252 e. The van der Waals surface area contributed by atoms with Crippen LogP contribution < -0.4 is 10.2 Å². The van der Waals surface area contributed by atoms with Crippen molar-refractivity contribution < 1.29 is 4.79 Å². The van der Waals surface area contributed by atoms with Gasteiger partial charge < -0.3 is 10.2 Å². The summed E-state index contributed by atoms with van der Waals surface area (Å²) in [6.07, 6.45) is 5.22. The van der Waals surface area contributed by atoms with Crippen LogP contribution in [0.5, 0.6) is 0 Å². The number of pyridine rings is 1. The van der Waals surface area contributed by atoms with Crippen LogP contribution in [-0.4, -0.2) is 41.7 Å². The summed E-state index contributed by atoms with van der Waals surface area (Å²) in [5, 5.41) is 9.80. The van der Waals surface area contributed by atoms with Gasteiger partial charge in [0.05, 0.1) is 11.8 Å². The minimum Gasteiger partial charge on any atom is -0.363 e. The van der Waals surface area contributed by atoms with Crippen LogP contribution in [0.4, 0.5) is 5.82 Å². The first-order valence-corrected chi connectivity index (χ1v) is 6.98. The number of amides is 1. The van der Waals surface area contributed by atoms with Gasteiger partial charge in [0, 0.05) is 32.5 Å². The molecule has 2 rings (SSSR count). The molecule has 2 aromatic rings. The maximum absolute atomic E-state index is 12.0. The summed E-state index contributed by atoms with van der Waals surface area (Å²) >= 11 is 0. The molecule has 0 atom stereocenters. The number of hydrogen-bond acceptors (Lipinski definition) is 4. The second-order valence-corrected chi connectivity index (χ2v) is 5.18. The van der Waals surface area contributed by atoms with Crippen molar-refractivity contribution in [3.8, 4) is 0 Å². The number of aromatic nitrogens is 3. The molecule has 2 aromatic heterocycles. The molecule has 0 aromatic carbocycles. The highest BCUT2D eigenvalue weighted by atomic mass is 16.1. The molecule has 0 saturated carbocycles. The number of aromatic amines is 1. The Morgan fingerprint density at radius 1 is 1.33 bits per heavy atom. The molecule has 6 heteroatoms. The fourth-order valence-corrected chi connectivity index (χ4v) is 2.00. The van der Waals surface area contributed by atoms with Crippen molar-refractivity contribution in [1.29, 1.82) is 0 Å². The number of rotatable bonds is 6. The van der Waals surface area contributed by atoms with Crippen LogP contribution in [0.25, 0.3) is 0 Å². The fourth-order valence-electron chi connectivity index (χ4n) is 2.00. The van der Waals surface area contributed by atoms with Crippen molar-refractivity contribution in [3.05, 3.63) is 41.3 Å². The first kappa shape index (κ1) is 15.0. The Balaban J connectivity index is 1.78. The third-order valence-electron chi connectivity index (χ3n) is 3.31. The molecule has 0 bridgehead atoms. The summed E-state index contributed by atoms with van der Waals surface area (Å²) in [7, 11) is 3.83. The smallest absolute Gasteiger partial charge is 0.252 e. The van der Waals surface area contributed by atoms with Gasteiger partial charge in [-0.2, -0.15) is 5.10 Å². The summed E-state index contributed by atoms with van der Waals surface area (Å²) in [6.45, 7) is 2.64. The van der Waals surface area contributed by atoms with Crippen LogP contribution in [0.2, 0.25) is 0 Å². The van der Waals surface area contributed by atoms with E-state index in [1.807, 2.05) is 38.2 Å². The summed E-state index contributed by atoms with van der Waals surface area (Å²) in [6, 6.07) is 3.63. The molecule has 0 aliphatic heterocycles. The van der Waals surface area contributed by atoms with Crippen LogP contribution in [-0.2, 0) is 6.42 Å². The highest BCUT2D eigenvalue weighted by Crippen LogP contribution is 2.08. The lowest BCUT2D eigenvalue weighted by Gasteiger charge is -2.11. The van der Waals surface area contributed by atoms with Gasteiger partial charge in [-0.15, -0.1) is 0 Å². The lowest BCUT2D eigenvalue weighted by atomic mass is 10.1. The van der Waals surface area contributed by atoms with E-state index in [9.17, 15) is 4.79 Å². The molecule has 6 nitrogen and oxygen atoms in total. The predicted octanol–water partition coefficient (Wildman–Crippen LogP) is 1.54. The molecule has 0 saturated heterocycles. The monoisotopic (exact) mass is 287 g/mol. The van der Waals surface area contributed by atoms with Gasteiger partial charge >= 0.3 is 0 Å². The van der Waals surface area contributed by atoms with E-state index in [0.717, 1.165) is 24.4 Å². The topological polar surface area (TPSA) is 73.9 Å². The summed E-state index contributed by atoms with van der Waals surface area (Å²) in [4.78, 5) is 18.1. The number of aryl methyl sites for hydroxylation is 2. The van der Waals surface area contributed by atoms with Crippen molar-refractivity contribution in [1.82, 2.24) is 20.5 Å². The van der Waals surface area contributed by atoms with Gasteiger partial charge in [0.2, 0.25) is 0 Å². The predicted molar refractivity (Wildman–Crippen MR) is 82.5 cm³/mol. The highest BCUT2D eigenvalue weighted by molar-refractivity contribution is 5.94. The Labute approximate surface area is 124 Å². The number of carbonyl (C=O) groups is 1. The summed E-state index contributed by atoms with van der Waals surface area (Å²) in [5.41, 5.74) is 2.87. The number of H-pyrrole nitrogens is 1. The van der Waals surface area contributed by atoms with Crippen molar-refractivity contribution >= 4 is 11.7 Å². The Kier molecular flexibility index (Phi) is 4.92. The van der Waals surface area contributed by atoms with Gasteiger partial charge in [0.25, 0.3) is 5.91 Å². The normalized spacial score (nSPS) is 10.4. The third kappa shape index (κ3) is 4.05. The average Bonchev–Trinajstić information content (AvgIpc) is 2.89. The molecule has 2 N–H and O–H groups in total. The fraction of sp³-hybridized carbons (Fsp3) is 0.400. The quantitative estimate of drug-likeness (QED) is 0.790. The lowest BCUT2D eigenvalue weighted by molar-refractivity contribution is 0.0953. The van der Waals surface area contributed by atoms with Gasteiger partial charge in [-0.05, 0) is 37.5 Å². The minimum absolute atomic E-state index is 0.0864. The van der Waals surface area contributed by atoms with Crippen LogP contribution in [0.1, 0.15) is 28.0 Å². The van der Waals surface area contributed by atoms with Crippen molar-refractivity contribution in [2.24, 2.45) is 0 Å². The molecule has 2 heterocycles. The number of nitrogens with zero attached hydrogens (tertiary/aromatic N) is 3. The van der Waals surface area contributed by atoms with E-state index in [2.05, 4.69) is 20.5 Å². The van der Waals surface area contributed by atoms with E-state index in [4.69, 9.17) is 0 Å². The van der Waals surface area contributed by atoms with Crippen LogP contribution in [0.3, 0.4) is 0 Å². The number of carbonyl (C=O) groups excluding carboxylic acids is 1. The first-order valence-electron chi connectivity index (χ1n) is 6.98. The van der Waals surface area contributed by atoms with Crippen LogP contribution in [0.15, 0.2) is 24.5 Å². The second kappa shape index (κ2) is 6.88. The van der Waals surface area contributed by atoms with E-state index in [1.54, 1.807) is 12.3 Å². The first-order chi connectivity index (χ1) is 10.1. The van der Waals surface area contributed by atoms with E-state index in [-0.39, 0.29) is 5.91 Å². The molecule has 0 fully saturated rings. The summed E-state index contributed by atoms with van der Waals surface area (Å²) in [5.74, 6) is 0.749. The van der Waals surface area contributed by atoms with Gasteiger partial charge in [-0.25, -0.2) is 4.98 Å². The van der Waals surface area contributed by atoms with Crippen LogP contribution >= 0.6 is 0 Å². The zero-order chi connectivity index (χ0) is 15.2. The molecule has 1 amide bonds. The SMILES string of the molecule is Cc1[nH]ncc1CCCNC(=O)c1ccc(N(C)C)nc1. The molecule has 112 valence electrons. The molecule has 21 heavy (non-hydrogen) atoms. The zero-order valence-corrected chi connectivity index (χ0v) is 12.7. The van der Waals surface area contributed by atoms with Gasteiger partial charge in [0.1, 0.15) is 5.82 Å². The number of anilines is 1. The molecule has 0 spiro atoms. The third-order valence-corrected chi connectivity index (χ3v) is 3.31. The van der Waals surface area contributed by atoms with Crippen molar-refractivity contribution in [3.63, 3.8) is 0 Å². The zero-order valence-electron chi connectivity index (χ0n) is 12.7. The molecule has 0 radical (unpaired) electrons. The van der Waals surface area contributed by atoms with E-state index < -0.39 is 0 Å². The summed E-state index contributed by atoms with van der Waals surface area (Å²) < 4.78 is 0. The Morgan fingerprint density at radius 2 is 2.14 bits per heavy atom. The molecular weight excluding hydrogens is 266 g/mol. The largest absolute Gasteiger partial charge is 0.363 e. The number of hydrogen-bond donors (Lipinski definition) is 2. The van der Waals surface area contributed by atoms with Gasteiger partial charge in [-0.3, -0.25) is 9.89 Å². The lowest BCUT2D eigenvalue weighted by Crippen LogP contribution is -2.25. The molecular formula is C15H21N5O. The average molecular weight is 287 g/mol. The Bertz CT molecular complexity index is 588. The van der Waals surface area contributed by atoms with Crippen LogP contribution in [0, 0.1) is 6.92 Å². The van der Waals surface area contributed by atoms with Crippen molar-refractivity contribution in [2.75, 3.05) is 25.5 Å².